The van der Waals surface area contributed by atoms with Gasteiger partial charge in [0, 0.05) is 12.8 Å². The van der Waals surface area contributed by atoms with E-state index < -0.39 is 0 Å². The molecule has 0 heterocycles. The van der Waals surface area contributed by atoms with Gasteiger partial charge in [0.2, 0.25) is 0 Å². The van der Waals surface area contributed by atoms with Gasteiger partial charge in [-0.25, -0.2) is 0 Å². The summed E-state index contributed by atoms with van der Waals surface area (Å²) in [6.07, 6.45) is 1.44. The maximum atomic E-state index is 10.2. The summed E-state index contributed by atoms with van der Waals surface area (Å²) in [6.45, 7) is 0. The van der Waals surface area contributed by atoms with E-state index in [1.807, 2.05) is 18.2 Å². The van der Waals surface area contributed by atoms with Gasteiger partial charge >= 0.3 is 0 Å². The van der Waals surface area contributed by atoms with Crippen molar-refractivity contribution in [2.24, 2.45) is 0 Å². The van der Waals surface area contributed by atoms with Gasteiger partial charge in [0.25, 0.3) is 0 Å². The Labute approximate surface area is 100 Å². The van der Waals surface area contributed by atoms with E-state index >= 15 is 0 Å². The lowest BCUT2D eigenvalue weighted by Crippen LogP contribution is -2.03. The molecule has 3 rings (SSSR count). The van der Waals surface area contributed by atoms with E-state index in [9.17, 15) is 5.11 Å². The molecule has 1 aliphatic carbocycles. The summed E-state index contributed by atoms with van der Waals surface area (Å²) in [5.41, 5.74) is 4.21. The predicted molar refractivity (Wildman–Crippen MR) is 66.7 cm³/mol. The first-order valence-corrected chi connectivity index (χ1v) is 5.74. The number of rotatable bonds is 1. The highest BCUT2D eigenvalue weighted by molar-refractivity contribution is 5.53. The fourth-order valence-corrected chi connectivity index (χ4v) is 2.52. The Balaban J connectivity index is 2.23. The number of methoxy groups -OCH3 is 1. The van der Waals surface area contributed by atoms with Gasteiger partial charge in [-0.3, -0.25) is 0 Å². The zero-order valence-electron chi connectivity index (χ0n) is 9.73. The third-order valence-corrected chi connectivity index (χ3v) is 3.35. The van der Waals surface area contributed by atoms with Crippen molar-refractivity contribution >= 4 is 0 Å². The molecular formula is C15H14O2. The third-order valence-electron chi connectivity index (χ3n) is 3.35. The van der Waals surface area contributed by atoms with Gasteiger partial charge in [0.1, 0.15) is 11.5 Å². The van der Waals surface area contributed by atoms with Crippen LogP contribution in [0.3, 0.4) is 0 Å². The molecule has 86 valence electrons. The van der Waals surface area contributed by atoms with Crippen molar-refractivity contribution in [3.05, 3.63) is 58.7 Å². The second-order valence-electron chi connectivity index (χ2n) is 4.39. The Hall–Kier alpha value is -1.96. The summed E-state index contributed by atoms with van der Waals surface area (Å²) in [4.78, 5) is 0. The zero-order valence-corrected chi connectivity index (χ0v) is 9.73. The first kappa shape index (κ1) is 10.2. The molecule has 1 N–H and O–H groups in total. The summed E-state index contributed by atoms with van der Waals surface area (Å²) in [7, 11) is 1.71. The Bertz CT molecular complexity index is 531. The number of hydrogen-bond donors (Lipinski definition) is 1. The number of para-hydroxylation sites is 2. The topological polar surface area (TPSA) is 29.5 Å². The first-order valence-electron chi connectivity index (χ1n) is 5.74. The number of fused-ring (bicyclic) bond motifs is 4. The van der Waals surface area contributed by atoms with Gasteiger partial charge < -0.3 is 9.84 Å². The summed E-state index contributed by atoms with van der Waals surface area (Å²) in [5.74, 6) is 1.39. The minimum absolute atomic E-state index is 0.432. The fraction of sp³-hybridized carbons (Fsp3) is 0.200. The van der Waals surface area contributed by atoms with Gasteiger partial charge in [-0.05, 0) is 22.3 Å². The molecule has 0 radical (unpaired) electrons. The molecule has 1 aliphatic rings. The Morgan fingerprint density at radius 2 is 1.35 bits per heavy atom. The van der Waals surface area contributed by atoms with Crippen LogP contribution in [0, 0.1) is 0 Å². The second-order valence-corrected chi connectivity index (χ2v) is 4.39. The molecule has 0 spiro atoms. The highest BCUT2D eigenvalue weighted by atomic mass is 16.5. The normalized spacial score (nSPS) is 12.8. The van der Waals surface area contributed by atoms with Gasteiger partial charge in [0.05, 0.1) is 7.11 Å². The van der Waals surface area contributed by atoms with Crippen LogP contribution in [0.4, 0.5) is 0 Å². The lowest BCUT2D eigenvalue weighted by molar-refractivity contribution is 0.404. The molecule has 2 heteroatoms. The van der Waals surface area contributed by atoms with E-state index in [-0.39, 0.29) is 0 Å². The Morgan fingerprint density at radius 3 is 1.82 bits per heavy atom. The van der Waals surface area contributed by atoms with Gasteiger partial charge in [-0.15, -0.1) is 0 Å². The molecule has 2 aromatic carbocycles. The van der Waals surface area contributed by atoms with Crippen molar-refractivity contribution in [1.82, 2.24) is 0 Å². The molecule has 0 saturated carbocycles. The summed E-state index contributed by atoms with van der Waals surface area (Å²) in [6, 6.07) is 12.1. The molecule has 0 aliphatic heterocycles. The average Bonchev–Trinajstić information content (AvgIpc) is 2.34. The van der Waals surface area contributed by atoms with Crippen molar-refractivity contribution in [3.8, 4) is 11.5 Å². The molecule has 0 atom stereocenters. The molecule has 0 unspecified atom stereocenters. The molecule has 2 nitrogen and oxygen atoms in total. The first-order chi connectivity index (χ1) is 8.29. The summed E-state index contributed by atoms with van der Waals surface area (Å²) in [5, 5.41) is 10.2. The van der Waals surface area contributed by atoms with Crippen LogP contribution in [0.2, 0.25) is 0 Å². The number of ether oxygens (including phenoxy) is 1. The maximum Gasteiger partial charge on any atom is 0.125 e. The molecule has 2 aromatic rings. The molecule has 4 bridgehead atoms. The van der Waals surface area contributed by atoms with E-state index in [1.165, 1.54) is 0 Å². The van der Waals surface area contributed by atoms with Crippen LogP contribution in [0.15, 0.2) is 36.4 Å². The quantitative estimate of drug-likeness (QED) is 0.691. The molecule has 0 saturated heterocycles. The van der Waals surface area contributed by atoms with E-state index in [1.54, 1.807) is 7.11 Å². The Morgan fingerprint density at radius 1 is 0.882 bits per heavy atom. The predicted octanol–water partition coefficient (Wildman–Crippen LogP) is 2.90. The van der Waals surface area contributed by atoms with Crippen molar-refractivity contribution in [1.29, 1.82) is 0 Å². The van der Waals surface area contributed by atoms with Crippen molar-refractivity contribution in [2.45, 2.75) is 12.8 Å². The molecule has 0 amide bonds. The minimum Gasteiger partial charge on any atom is -0.507 e. The lowest BCUT2D eigenvalue weighted by Gasteiger charge is -2.19. The molecular weight excluding hydrogens is 212 g/mol. The molecule has 0 aromatic heterocycles. The molecule has 0 fully saturated rings. The smallest absolute Gasteiger partial charge is 0.125 e. The van der Waals surface area contributed by atoms with Crippen molar-refractivity contribution in [2.75, 3.05) is 7.11 Å². The van der Waals surface area contributed by atoms with Crippen LogP contribution in [-0.2, 0) is 12.8 Å². The van der Waals surface area contributed by atoms with Gasteiger partial charge in [0.15, 0.2) is 0 Å². The monoisotopic (exact) mass is 226 g/mol. The fourth-order valence-electron chi connectivity index (χ4n) is 2.52. The summed E-state index contributed by atoms with van der Waals surface area (Å²) < 4.78 is 5.50. The maximum absolute atomic E-state index is 10.2. The van der Waals surface area contributed by atoms with Crippen LogP contribution in [0.1, 0.15) is 22.3 Å². The van der Waals surface area contributed by atoms with E-state index in [0.29, 0.717) is 5.75 Å². The summed E-state index contributed by atoms with van der Waals surface area (Å²) >= 11 is 0. The second kappa shape index (κ2) is 3.81. The van der Waals surface area contributed by atoms with Gasteiger partial charge in [-0.2, -0.15) is 0 Å². The Kier molecular flexibility index (Phi) is 2.29. The number of aromatic hydroxyl groups is 1. The van der Waals surface area contributed by atoms with Gasteiger partial charge in [-0.1, -0.05) is 36.4 Å². The van der Waals surface area contributed by atoms with E-state index in [2.05, 4.69) is 18.2 Å². The number of benzene rings is 2. The highest BCUT2D eigenvalue weighted by Crippen LogP contribution is 2.36. The number of phenolic OH excluding ortho intramolecular Hbond substituents is 1. The largest absolute Gasteiger partial charge is 0.507 e. The standard InChI is InChI=1S/C15H14O2/c1-17-15-12-6-3-7-13(15)9-11-5-2-4-10(8-12)14(11)16/h2-7,16H,8-9H2,1H3. The average molecular weight is 226 g/mol. The molecule has 17 heavy (non-hydrogen) atoms. The van der Waals surface area contributed by atoms with Crippen LogP contribution < -0.4 is 4.74 Å². The zero-order chi connectivity index (χ0) is 11.8. The number of hydrogen-bond acceptors (Lipinski definition) is 2. The van der Waals surface area contributed by atoms with Crippen LogP contribution in [-0.4, -0.2) is 12.2 Å². The van der Waals surface area contributed by atoms with Crippen LogP contribution in [0.25, 0.3) is 0 Å². The van der Waals surface area contributed by atoms with Crippen LogP contribution in [0.5, 0.6) is 11.5 Å². The van der Waals surface area contributed by atoms with E-state index in [4.69, 9.17) is 4.74 Å². The minimum atomic E-state index is 0.432. The van der Waals surface area contributed by atoms with Crippen molar-refractivity contribution < 1.29 is 9.84 Å². The lowest BCUT2D eigenvalue weighted by atomic mass is 9.91. The van der Waals surface area contributed by atoms with Crippen LogP contribution >= 0.6 is 0 Å². The highest BCUT2D eigenvalue weighted by Gasteiger charge is 2.17. The SMILES string of the molecule is COc1c2cccc1Cc1cccc(c1O)C2. The number of phenols is 1. The van der Waals surface area contributed by atoms with E-state index in [0.717, 1.165) is 40.8 Å². The third kappa shape index (κ3) is 1.57. The van der Waals surface area contributed by atoms with Crippen molar-refractivity contribution in [3.63, 3.8) is 0 Å².